The zero-order chi connectivity index (χ0) is 22.5. The van der Waals surface area contributed by atoms with Crippen molar-refractivity contribution in [3.63, 3.8) is 0 Å². The van der Waals surface area contributed by atoms with Crippen molar-refractivity contribution < 1.29 is 23.9 Å². The molecular formula is C23H38N2O5. The normalized spacial score (nSPS) is 26.1. The number of fused-ring (bicyclic) bond motifs is 2. The average molecular weight is 423 g/mol. The SMILES string of the molecule is CC(C)C(NC(=O)OCC(C)(C)C)C(=O)CC1CC2CCCC(CNC(=O)C1=O)C2. The minimum Gasteiger partial charge on any atom is -0.449 e. The van der Waals surface area contributed by atoms with Crippen molar-refractivity contribution in [2.75, 3.05) is 13.2 Å². The zero-order valence-corrected chi connectivity index (χ0v) is 19.1. The maximum Gasteiger partial charge on any atom is 0.407 e. The molecule has 2 fully saturated rings. The van der Waals surface area contributed by atoms with Crippen LogP contribution in [0.3, 0.4) is 0 Å². The van der Waals surface area contributed by atoms with Crippen molar-refractivity contribution in [2.45, 2.75) is 79.2 Å². The lowest BCUT2D eigenvalue weighted by molar-refractivity contribution is -0.141. The fraction of sp³-hybridized carbons (Fsp3) is 0.826. The topological polar surface area (TPSA) is 102 Å². The lowest BCUT2D eigenvalue weighted by Crippen LogP contribution is -2.46. The standard InChI is InChI=1S/C23H38N2O5/c1-14(2)19(25-22(29)30-13-23(3,4)5)18(26)11-17-10-15-7-6-8-16(9-15)12-24-21(28)20(17)27/h14-17,19H,6-13H2,1-5H3,(H,24,28)(H,25,29). The van der Waals surface area contributed by atoms with Crippen molar-refractivity contribution in [3.05, 3.63) is 0 Å². The van der Waals surface area contributed by atoms with E-state index in [1.165, 1.54) is 0 Å². The van der Waals surface area contributed by atoms with E-state index in [0.29, 0.717) is 24.8 Å². The van der Waals surface area contributed by atoms with Crippen LogP contribution in [0.5, 0.6) is 0 Å². The third kappa shape index (κ3) is 7.40. The van der Waals surface area contributed by atoms with Crippen LogP contribution in [0.2, 0.25) is 0 Å². The molecule has 4 atom stereocenters. The Bertz CT molecular complexity index is 652. The predicted molar refractivity (Wildman–Crippen MR) is 114 cm³/mol. The first kappa shape index (κ1) is 24.4. The third-order valence-corrected chi connectivity index (χ3v) is 6.03. The number of alkyl carbamates (subject to hydrolysis) is 1. The Balaban J connectivity index is 2.05. The fourth-order valence-electron chi connectivity index (χ4n) is 4.44. The van der Waals surface area contributed by atoms with Crippen LogP contribution in [-0.2, 0) is 19.1 Å². The Morgan fingerprint density at radius 2 is 1.80 bits per heavy atom. The Kier molecular flexibility index (Phi) is 8.44. The summed E-state index contributed by atoms with van der Waals surface area (Å²) in [7, 11) is 0. The van der Waals surface area contributed by atoms with Crippen LogP contribution in [-0.4, -0.2) is 42.8 Å². The van der Waals surface area contributed by atoms with Gasteiger partial charge in [-0.15, -0.1) is 0 Å². The first-order valence-electron chi connectivity index (χ1n) is 11.2. The van der Waals surface area contributed by atoms with Gasteiger partial charge < -0.3 is 15.4 Å². The van der Waals surface area contributed by atoms with Gasteiger partial charge in [-0.3, -0.25) is 14.4 Å². The molecule has 4 unspecified atom stereocenters. The van der Waals surface area contributed by atoms with Gasteiger partial charge in [-0.1, -0.05) is 47.5 Å². The van der Waals surface area contributed by atoms with Gasteiger partial charge in [-0.2, -0.15) is 0 Å². The molecule has 0 spiro atoms. The molecule has 0 aromatic carbocycles. The molecule has 0 aromatic rings. The lowest BCUT2D eigenvalue weighted by atomic mass is 9.76. The molecule has 1 saturated heterocycles. The van der Waals surface area contributed by atoms with E-state index < -0.39 is 29.7 Å². The third-order valence-electron chi connectivity index (χ3n) is 6.03. The highest BCUT2D eigenvalue weighted by molar-refractivity contribution is 6.37. The van der Waals surface area contributed by atoms with E-state index in [0.717, 1.165) is 25.7 Å². The van der Waals surface area contributed by atoms with Gasteiger partial charge in [0.25, 0.3) is 5.91 Å². The Labute approximate surface area is 180 Å². The van der Waals surface area contributed by atoms with Gasteiger partial charge in [0, 0.05) is 18.9 Å². The zero-order valence-electron chi connectivity index (χ0n) is 19.1. The number of hydrogen-bond donors (Lipinski definition) is 2. The molecule has 2 rings (SSSR count). The van der Waals surface area contributed by atoms with Crippen molar-refractivity contribution >= 4 is 23.6 Å². The van der Waals surface area contributed by atoms with Crippen LogP contribution in [0, 0.1) is 29.1 Å². The summed E-state index contributed by atoms with van der Waals surface area (Å²) in [4.78, 5) is 50.3. The van der Waals surface area contributed by atoms with E-state index in [1.54, 1.807) is 0 Å². The summed E-state index contributed by atoms with van der Waals surface area (Å²) in [5.74, 6) is -1.33. The second-order valence-corrected chi connectivity index (χ2v) is 10.6. The molecule has 7 nitrogen and oxygen atoms in total. The fourth-order valence-corrected chi connectivity index (χ4v) is 4.44. The van der Waals surface area contributed by atoms with E-state index in [4.69, 9.17) is 4.74 Å². The van der Waals surface area contributed by atoms with Crippen LogP contribution in [0.25, 0.3) is 0 Å². The van der Waals surface area contributed by atoms with Crippen molar-refractivity contribution in [1.29, 1.82) is 0 Å². The minimum atomic E-state index is -0.750. The monoisotopic (exact) mass is 422 g/mol. The molecule has 1 aliphatic heterocycles. The van der Waals surface area contributed by atoms with Crippen molar-refractivity contribution in [2.24, 2.45) is 29.1 Å². The lowest BCUT2D eigenvalue weighted by Gasteiger charge is -2.29. The Hall–Kier alpha value is -1.92. The number of Topliss-reactive ketones (excluding diaryl/α,β-unsaturated/α-hetero) is 2. The highest BCUT2D eigenvalue weighted by atomic mass is 16.5. The van der Waals surface area contributed by atoms with E-state index in [1.807, 2.05) is 34.6 Å². The van der Waals surface area contributed by atoms with Gasteiger partial charge in [-0.05, 0) is 42.4 Å². The largest absolute Gasteiger partial charge is 0.449 e. The molecule has 1 heterocycles. The molecule has 1 aliphatic carbocycles. The molecule has 170 valence electrons. The number of nitrogens with one attached hydrogen (secondary N) is 2. The van der Waals surface area contributed by atoms with Gasteiger partial charge in [0.15, 0.2) is 5.78 Å². The molecule has 2 bridgehead atoms. The molecule has 2 N–H and O–H groups in total. The van der Waals surface area contributed by atoms with Crippen LogP contribution in [0.15, 0.2) is 0 Å². The van der Waals surface area contributed by atoms with Crippen LogP contribution < -0.4 is 10.6 Å². The summed E-state index contributed by atoms with van der Waals surface area (Å²) in [5.41, 5.74) is -0.177. The van der Waals surface area contributed by atoms with Gasteiger partial charge in [0.05, 0.1) is 12.6 Å². The summed E-state index contributed by atoms with van der Waals surface area (Å²) in [6, 6.07) is -0.750. The molecule has 1 saturated carbocycles. The summed E-state index contributed by atoms with van der Waals surface area (Å²) < 4.78 is 5.24. The van der Waals surface area contributed by atoms with E-state index in [2.05, 4.69) is 10.6 Å². The number of carbonyl (C=O) groups is 4. The Morgan fingerprint density at radius 1 is 1.13 bits per heavy atom. The van der Waals surface area contributed by atoms with Crippen LogP contribution in [0.4, 0.5) is 4.79 Å². The van der Waals surface area contributed by atoms with Gasteiger partial charge >= 0.3 is 6.09 Å². The predicted octanol–water partition coefficient (Wildman–Crippen LogP) is 3.25. The average Bonchev–Trinajstić information content (AvgIpc) is 2.69. The summed E-state index contributed by atoms with van der Waals surface area (Å²) in [5, 5.41) is 5.42. The highest BCUT2D eigenvalue weighted by Crippen LogP contribution is 2.35. The molecule has 7 heteroatoms. The van der Waals surface area contributed by atoms with Crippen LogP contribution >= 0.6 is 0 Å². The Morgan fingerprint density at radius 3 is 2.43 bits per heavy atom. The first-order valence-corrected chi connectivity index (χ1v) is 11.2. The molecular weight excluding hydrogens is 384 g/mol. The smallest absolute Gasteiger partial charge is 0.407 e. The molecule has 30 heavy (non-hydrogen) atoms. The van der Waals surface area contributed by atoms with E-state index >= 15 is 0 Å². The maximum atomic E-state index is 13.0. The number of carbonyl (C=O) groups excluding carboxylic acids is 4. The highest BCUT2D eigenvalue weighted by Gasteiger charge is 2.36. The summed E-state index contributed by atoms with van der Waals surface area (Å²) in [6.45, 7) is 10.3. The number of ether oxygens (including phenoxy) is 1. The number of rotatable bonds is 6. The molecule has 0 radical (unpaired) electrons. The van der Waals surface area contributed by atoms with Crippen molar-refractivity contribution in [3.8, 4) is 0 Å². The molecule has 0 aromatic heterocycles. The second-order valence-electron chi connectivity index (χ2n) is 10.6. The van der Waals surface area contributed by atoms with Gasteiger partial charge in [-0.25, -0.2) is 4.79 Å². The second kappa shape index (κ2) is 10.4. The number of amides is 2. The maximum absolute atomic E-state index is 13.0. The van der Waals surface area contributed by atoms with E-state index in [9.17, 15) is 19.2 Å². The molecule has 2 aliphatic rings. The number of hydrogen-bond acceptors (Lipinski definition) is 5. The minimum absolute atomic E-state index is 0.0319. The summed E-state index contributed by atoms with van der Waals surface area (Å²) >= 11 is 0. The van der Waals surface area contributed by atoms with Crippen molar-refractivity contribution in [1.82, 2.24) is 10.6 Å². The van der Waals surface area contributed by atoms with Gasteiger partial charge in [0.1, 0.15) is 0 Å². The molecule has 2 amide bonds. The summed E-state index contributed by atoms with van der Waals surface area (Å²) in [6.07, 6.45) is 4.09. The van der Waals surface area contributed by atoms with Gasteiger partial charge in [0.2, 0.25) is 5.78 Å². The quantitative estimate of drug-likeness (QED) is 0.640. The first-order chi connectivity index (χ1) is 14.0. The number of ketones is 2. The van der Waals surface area contributed by atoms with E-state index in [-0.39, 0.29) is 30.1 Å². The van der Waals surface area contributed by atoms with Crippen LogP contribution in [0.1, 0.15) is 73.1 Å².